The van der Waals surface area contributed by atoms with Gasteiger partial charge < -0.3 is 0 Å². The molecule has 0 radical (unpaired) electrons. The van der Waals surface area contributed by atoms with Crippen LogP contribution < -0.4 is 0 Å². The highest BCUT2D eigenvalue weighted by Crippen LogP contribution is 2.29. The number of thioether (sulfide) groups is 1. The lowest BCUT2D eigenvalue weighted by Crippen LogP contribution is -2.03. The van der Waals surface area contributed by atoms with Crippen LogP contribution in [-0.2, 0) is 12.3 Å². The molecule has 6 heteroatoms. The molecule has 0 spiro atoms. The standard InChI is InChI=1S/C20H16FN3S2/c21-17-10-8-16(9-11-17)14-26-20-23-22-19(18-7-4-12-25-18)24(20)13-15-5-2-1-3-6-15/h1-12H,13-14H2. The van der Waals surface area contributed by atoms with Crippen molar-refractivity contribution in [2.75, 3.05) is 0 Å². The first kappa shape index (κ1) is 17.0. The van der Waals surface area contributed by atoms with Gasteiger partial charge in [0.1, 0.15) is 5.82 Å². The van der Waals surface area contributed by atoms with Gasteiger partial charge in [-0.1, -0.05) is 60.3 Å². The number of benzene rings is 2. The third-order valence-electron chi connectivity index (χ3n) is 3.92. The molecule has 0 atom stereocenters. The number of halogens is 1. The summed E-state index contributed by atoms with van der Waals surface area (Å²) >= 11 is 3.27. The van der Waals surface area contributed by atoms with Crippen molar-refractivity contribution in [2.24, 2.45) is 0 Å². The molecule has 4 aromatic rings. The van der Waals surface area contributed by atoms with E-state index in [-0.39, 0.29) is 5.82 Å². The molecule has 3 nitrogen and oxygen atoms in total. The van der Waals surface area contributed by atoms with Gasteiger partial charge in [-0.3, -0.25) is 4.57 Å². The molecule has 0 saturated heterocycles. The van der Waals surface area contributed by atoms with E-state index < -0.39 is 0 Å². The van der Waals surface area contributed by atoms with Crippen molar-refractivity contribution in [2.45, 2.75) is 17.5 Å². The Bertz CT molecular complexity index is 964. The molecule has 130 valence electrons. The monoisotopic (exact) mass is 381 g/mol. The quantitative estimate of drug-likeness (QED) is 0.414. The fraction of sp³-hybridized carbons (Fsp3) is 0.100. The van der Waals surface area contributed by atoms with E-state index in [0.717, 1.165) is 27.2 Å². The normalized spacial score (nSPS) is 11.0. The number of hydrogen-bond acceptors (Lipinski definition) is 4. The highest BCUT2D eigenvalue weighted by Gasteiger charge is 2.15. The summed E-state index contributed by atoms with van der Waals surface area (Å²) in [4.78, 5) is 1.10. The summed E-state index contributed by atoms with van der Waals surface area (Å²) in [7, 11) is 0. The van der Waals surface area contributed by atoms with Gasteiger partial charge >= 0.3 is 0 Å². The van der Waals surface area contributed by atoms with Gasteiger partial charge in [0, 0.05) is 5.75 Å². The van der Waals surface area contributed by atoms with Crippen LogP contribution in [-0.4, -0.2) is 14.8 Å². The minimum atomic E-state index is -0.217. The Morgan fingerprint density at radius 2 is 1.69 bits per heavy atom. The fourth-order valence-electron chi connectivity index (χ4n) is 2.62. The van der Waals surface area contributed by atoms with Gasteiger partial charge in [0.15, 0.2) is 11.0 Å². The summed E-state index contributed by atoms with van der Waals surface area (Å²) in [6, 6.07) is 21.0. The summed E-state index contributed by atoms with van der Waals surface area (Å²) in [5, 5.41) is 11.7. The number of rotatable bonds is 6. The van der Waals surface area contributed by atoms with Gasteiger partial charge in [-0.15, -0.1) is 21.5 Å². The maximum atomic E-state index is 13.1. The minimum absolute atomic E-state index is 0.217. The van der Waals surface area contributed by atoms with Crippen LogP contribution in [0.3, 0.4) is 0 Å². The molecule has 0 saturated carbocycles. The Morgan fingerprint density at radius 3 is 2.42 bits per heavy atom. The third-order valence-corrected chi connectivity index (χ3v) is 5.83. The van der Waals surface area contributed by atoms with Crippen molar-refractivity contribution in [3.8, 4) is 10.7 Å². The SMILES string of the molecule is Fc1ccc(CSc2nnc(-c3cccs3)n2Cc2ccccc2)cc1. The highest BCUT2D eigenvalue weighted by atomic mass is 32.2. The van der Waals surface area contributed by atoms with Gasteiger partial charge in [-0.05, 0) is 34.7 Å². The Hall–Kier alpha value is -2.44. The summed E-state index contributed by atoms with van der Waals surface area (Å²) < 4.78 is 15.2. The molecule has 0 aliphatic rings. The lowest BCUT2D eigenvalue weighted by molar-refractivity contribution is 0.627. The number of nitrogens with zero attached hydrogens (tertiary/aromatic N) is 3. The van der Waals surface area contributed by atoms with Crippen LogP contribution in [0.15, 0.2) is 77.3 Å². The number of aromatic nitrogens is 3. The molecular formula is C20H16FN3S2. The molecule has 0 aliphatic heterocycles. The van der Waals surface area contributed by atoms with Crippen molar-refractivity contribution < 1.29 is 4.39 Å². The first-order chi connectivity index (χ1) is 12.8. The molecule has 26 heavy (non-hydrogen) atoms. The second kappa shape index (κ2) is 7.85. The van der Waals surface area contributed by atoms with E-state index in [1.165, 1.54) is 17.7 Å². The highest BCUT2D eigenvalue weighted by molar-refractivity contribution is 7.98. The van der Waals surface area contributed by atoms with E-state index >= 15 is 0 Å². The van der Waals surface area contributed by atoms with Gasteiger partial charge in [0.05, 0.1) is 11.4 Å². The predicted octanol–water partition coefficient (Wildman–Crippen LogP) is 5.49. The molecule has 2 aromatic carbocycles. The number of hydrogen-bond donors (Lipinski definition) is 0. The first-order valence-electron chi connectivity index (χ1n) is 8.18. The van der Waals surface area contributed by atoms with Gasteiger partial charge in [-0.2, -0.15) is 0 Å². The molecule has 2 heterocycles. The van der Waals surface area contributed by atoms with E-state index in [0.29, 0.717) is 6.54 Å². The molecule has 0 aliphatic carbocycles. The third kappa shape index (κ3) is 3.86. The second-order valence-electron chi connectivity index (χ2n) is 5.77. The zero-order valence-corrected chi connectivity index (χ0v) is 15.5. The first-order valence-corrected chi connectivity index (χ1v) is 10.0. The maximum absolute atomic E-state index is 13.1. The van der Waals surface area contributed by atoms with Gasteiger partial charge in [-0.25, -0.2) is 4.39 Å². The van der Waals surface area contributed by atoms with Gasteiger partial charge in [0.2, 0.25) is 0 Å². The zero-order valence-electron chi connectivity index (χ0n) is 13.9. The van der Waals surface area contributed by atoms with Crippen molar-refractivity contribution in [3.05, 3.63) is 89.1 Å². The summed E-state index contributed by atoms with van der Waals surface area (Å²) in [5.74, 6) is 1.38. The largest absolute Gasteiger partial charge is 0.297 e. The van der Waals surface area contributed by atoms with Crippen LogP contribution in [0, 0.1) is 5.82 Å². The molecule has 0 unspecified atom stereocenters. The average molecular weight is 382 g/mol. The lowest BCUT2D eigenvalue weighted by Gasteiger charge is -2.09. The Kier molecular flexibility index (Phi) is 5.13. The van der Waals surface area contributed by atoms with Crippen molar-refractivity contribution >= 4 is 23.1 Å². The Balaban J connectivity index is 1.62. The Labute approximate surface area is 159 Å². The summed E-state index contributed by atoms with van der Waals surface area (Å²) in [6.07, 6.45) is 0. The van der Waals surface area contributed by atoms with E-state index in [1.807, 2.05) is 29.6 Å². The molecule has 0 N–H and O–H groups in total. The van der Waals surface area contributed by atoms with Crippen LogP contribution in [0.25, 0.3) is 10.7 Å². The van der Waals surface area contributed by atoms with E-state index in [2.05, 4.69) is 33.0 Å². The number of thiophene rings is 1. The molecule has 2 aromatic heterocycles. The van der Waals surface area contributed by atoms with E-state index in [4.69, 9.17) is 0 Å². The molecule has 0 amide bonds. The van der Waals surface area contributed by atoms with Crippen LogP contribution in [0.2, 0.25) is 0 Å². The lowest BCUT2D eigenvalue weighted by atomic mass is 10.2. The second-order valence-corrected chi connectivity index (χ2v) is 7.66. The topological polar surface area (TPSA) is 30.7 Å². The zero-order chi connectivity index (χ0) is 17.8. The van der Waals surface area contributed by atoms with Crippen molar-refractivity contribution in [1.82, 2.24) is 14.8 Å². The van der Waals surface area contributed by atoms with E-state index in [1.54, 1.807) is 35.2 Å². The smallest absolute Gasteiger partial charge is 0.192 e. The van der Waals surface area contributed by atoms with Crippen LogP contribution in [0.5, 0.6) is 0 Å². The molecule has 4 rings (SSSR count). The summed E-state index contributed by atoms with van der Waals surface area (Å²) in [5.41, 5.74) is 2.26. The van der Waals surface area contributed by atoms with E-state index in [9.17, 15) is 4.39 Å². The predicted molar refractivity (Wildman–Crippen MR) is 105 cm³/mol. The summed E-state index contributed by atoms with van der Waals surface area (Å²) in [6.45, 7) is 0.715. The molecule has 0 fully saturated rings. The molecular weight excluding hydrogens is 365 g/mol. The average Bonchev–Trinajstić information content (AvgIpc) is 3.32. The Morgan fingerprint density at radius 1 is 0.885 bits per heavy atom. The fourth-order valence-corrected chi connectivity index (χ4v) is 4.23. The van der Waals surface area contributed by atoms with Gasteiger partial charge in [0.25, 0.3) is 0 Å². The van der Waals surface area contributed by atoms with Crippen LogP contribution >= 0.6 is 23.1 Å². The van der Waals surface area contributed by atoms with Crippen LogP contribution in [0.4, 0.5) is 4.39 Å². The van der Waals surface area contributed by atoms with Crippen molar-refractivity contribution in [1.29, 1.82) is 0 Å². The van der Waals surface area contributed by atoms with Crippen LogP contribution in [0.1, 0.15) is 11.1 Å². The van der Waals surface area contributed by atoms with Crippen molar-refractivity contribution in [3.63, 3.8) is 0 Å². The maximum Gasteiger partial charge on any atom is 0.192 e. The molecule has 0 bridgehead atoms. The minimum Gasteiger partial charge on any atom is -0.297 e.